The van der Waals surface area contributed by atoms with Crippen LogP contribution in [0.5, 0.6) is 0 Å². The van der Waals surface area contributed by atoms with Gasteiger partial charge in [-0.3, -0.25) is 0 Å². The zero-order chi connectivity index (χ0) is 13.0. The van der Waals surface area contributed by atoms with Crippen LogP contribution in [0.2, 0.25) is 0 Å². The molecule has 18 heavy (non-hydrogen) atoms. The van der Waals surface area contributed by atoms with Crippen LogP contribution in [0.1, 0.15) is 32.5 Å². The maximum absolute atomic E-state index is 9.61. The van der Waals surface area contributed by atoms with Gasteiger partial charge in [0, 0.05) is 32.1 Å². The average Bonchev–Trinajstić information content (AvgIpc) is 2.76. The van der Waals surface area contributed by atoms with E-state index in [1.54, 1.807) is 0 Å². The van der Waals surface area contributed by atoms with Crippen molar-refractivity contribution in [2.45, 2.75) is 39.2 Å². The monoisotopic (exact) mass is 250 g/mol. The third-order valence-corrected chi connectivity index (χ3v) is 3.08. The summed E-state index contributed by atoms with van der Waals surface area (Å²) in [5, 5.41) is 12.8. The molecule has 2 rings (SSSR count). The van der Waals surface area contributed by atoms with E-state index in [4.69, 9.17) is 0 Å². The van der Waals surface area contributed by atoms with Crippen molar-refractivity contribution < 1.29 is 5.11 Å². The SMILES string of the molecule is CCCc1nc(NCC)cc(N2CCC(O)C2)n1. The van der Waals surface area contributed by atoms with Crippen molar-refractivity contribution in [3.63, 3.8) is 0 Å². The minimum absolute atomic E-state index is 0.225. The molecule has 0 bridgehead atoms. The van der Waals surface area contributed by atoms with E-state index in [1.807, 2.05) is 6.07 Å². The highest BCUT2D eigenvalue weighted by atomic mass is 16.3. The lowest BCUT2D eigenvalue weighted by Crippen LogP contribution is -2.23. The molecule has 0 amide bonds. The first-order valence-electron chi connectivity index (χ1n) is 6.77. The van der Waals surface area contributed by atoms with E-state index in [1.165, 1.54) is 0 Å². The Kier molecular flexibility index (Phi) is 4.36. The summed E-state index contributed by atoms with van der Waals surface area (Å²) < 4.78 is 0. The Morgan fingerprint density at radius 2 is 2.28 bits per heavy atom. The Labute approximate surface area is 108 Å². The third kappa shape index (κ3) is 3.10. The van der Waals surface area contributed by atoms with Gasteiger partial charge in [0.15, 0.2) is 0 Å². The van der Waals surface area contributed by atoms with Crippen LogP contribution in [0.25, 0.3) is 0 Å². The fourth-order valence-electron chi connectivity index (χ4n) is 2.20. The van der Waals surface area contributed by atoms with Crippen LogP contribution >= 0.6 is 0 Å². The Hall–Kier alpha value is -1.36. The normalized spacial score (nSPS) is 19.3. The second-order valence-corrected chi connectivity index (χ2v) is 4.70. The molecule has 1 aliphatic rings. The van der Waals surface area contributed by atoms with Gasteiger partial charge in [-0.1, -0.05) is 6.92 Å². The highest BCUT2D eigenvalue weighted by molar-refractivity contribution is 5.50. The van der Waals surface area contributed by atoms with Gasteiger partial charge >= 0.3 is 0 Å². The summed E-state index contributed by atoms with van der Waals surface area (Å²) in [5.41, 5.74) is 0. The van der Waals surface area contributed by atoms with Crippen LogP contribution in [0.3, 0.4) is 0 Å². The Balaban J connectivity index is 2.21. The molecule has 2 heterocycles. The Morgan fingerprint density at radius 1 is 1.44 bits per heavy atom. The number of nitrogens with one attached hydrogen (secondary N) is 1. The van der Waals surface area contributed by atoms with Crippen LogP contribution < -0.4 is 10.2 Å². The van der Waals surface area contributed by atoms with Gasteiger partial charge in [0.25, 0.3) is 0 Å². The van der Waals surface area contributed by atoms with Crippen LogP contribution in [0, 0.1) is 0 Å². The average molecular weight is 250 g/mol. The van der Waals surface area contributed by atoms with Gasteiger partial charge in [-0.2, -0.15) is 0 Å². The topological polar surface area (TPSA) is 61.3 Å². The molecular formula is C13H22N4O. The van der Waals surface area contributed by atoms with Gasteiger partial charge in [0.1, 0.15) is 17.5 Å². The van der Waals surface area contributed by atoms with Crippen molar-refractivity contribution in [3.8, 4) is 0 Å². The van der Waals surface area contributed by atoms with Crippen LogP contribution in [-0.2, 0) is 6.42 Å². The molecule has 5 nitrogen and oxygen atoms in total. The predicted molar refractivity (Wildman–Crippen MR) is 73.0 cm³/mol. The molecule has 2 N–H and O–H groups in total. The van der Waals surface area contributed by atoms with E-state index in [-0.39, 0.29) is 6.10 Å². The fourth-order valence-corrected chi connectivity index (χ4v) is 2.20. The van der Waals surface area contributed by atoms with Gasteiger partial charge in [0.05, 0.1) is 6.10 Å². The largest absolute Gasteiger partial charge is 0.391 e. The molecule has 1 aliphatic heterocycles. The van der Waals surface area contributed by atoms with Gasteiger partial charge < -0.3 is 15.3 Å². The molecule has 5 heteroatoms. The molecule has 0 saturated carbocycles. The number of aliphatic hydroxyl groups excluding tert-OH is 1. The summed E-state index contributed by atoms with van der Waals surface area (Å²) in [5.74, 6) is 2.70. The van der Waals surface area contributed by atoms with E-state index in [0.717, 1.165) is 49.8 Å². The van der Waals surface area contributed by atoms with Gasteiger partial charge in [-0.15, -0.1) is 0 Å². The van der Waals surface area contributed by atoms with E-state index in [9.17, 15) is 5.11 Å². The number of β-amino-alcohol motifs (C(OH)–C–C–N with tert-alkyl or cyclic N) is 1. The zero-order valence-corrected chi connectivity index (χ0v) is 11.2. The lowest BCUT2D eigenvalue weighted by molar-refractivity contribution is 0.198. The third-order valence-electron chi connectivity index (χ3n) is 3.08. The standard InChI is InChI=1S/C13H22N4O/c1-3-5-11-15-12(14-4-2)8-13(16-11)17-7-6-10(18)9-17/h8,10,18H,3-7,9H2,1-2H3,(H,14,15,16). The minimum atomic E-state index is -0.225. The van der Waals surface area contributed by atoms with Crippen LogP contribution in [0.15, 0.2) is 6.07 Å². The molecule has 1 atom stereocenters. The van der Waals surface area contributed by atoms with Crippen LogP contribution in [-0.4, -0.2) is 40.8 Å². The minimum Gasteiger partial charge on any atom is -0.391 e. The van der Waals surface area contributed by atoms with Crippen molar-refractivity contribution >= 4 is 11.6 Å². The van der Waals surface area contributed by atoms with E-state index < -0.39 is 0 Å². The molecule has 0 radical (unpaired) electrons. The summed E-state index contributed by atoms with van der Waals surface area (Å²) in [6, 6.07) is 1.97. The number of hydrogen-bond donors (Lipinski definition) is 2. The summed E-state index contributed by atoms with van der Waals surface area (Å²) in [6.07, 6.45) is 2.53. The van der Waals surface area contributed by atoms with E-state index in [2.05, 4.69) is 34.0 Å². The highest BCUT2D eigenvalue weighted by Crippen LogP contribution is 2.21. The van der Waals surface area contributed by atoms with Crippen molar-refractivity contribution in [2.75, 3.05) is 29.9 Å². The van der Waals surface area contributed by atoms with E-state index >= 15 is 0 Å². The van der Waals surface area contributed by atoms with Crippen molar-refractivity contribution in [1.29, 1.82) is 0 Å². The summed E-state index contributed by atoms with van der Waals surface area (Å²) in [4.78, 5) is 11.2. The lowest BCUT2D eigenvalue weighted by atomic mass is 10.3. The molecule has 1 fully saturated rings. The Morgan fingerprint density at radius 3 is 2.89 bits per heavy atom. The molecule has 1 unspecified atom stereocenters. The molecule has 0 aromatic carbocycles. The number of aryl methyl sites for hydroxylation is 1. The van der Waals surface area contributed by atoms with Crippen molar-refractivity contribution in [3.05, 3.63) is 11.9 Å². The first-order chi connectivity index (χ1) is 8.72. The van der Waals surface area contributed by atoms with Gasteiger partial charge in [-0.05, 0) is 19.8 Å². The van der Waals surface area contributed by atoms with Crippen LogP contribution in [0.4, 0.5) is 11.6 Å². The molecule has 100 valence electrons. The zero-order valence-electron chi connectivity index (χ0n) is 11.2. The number of anilines is 2. The van der Waals surface area contributed by atoms with Crippen molar-refractivity contribution in [1.82, 2.24) is 9.97 Å². The molecular weight excluding hydrogens is 228 g/mol. The first kappa shape index (κ1) is 13.1. The lowest BCUT2D eigenvalue weighted by Gasteiger charge is -2.18. The summed E-state index contributed by atoms with van der Waals surface area (Å²) >= 11 is 0. The summed E-state index contributed by atoms with van der Waals surface area (Å²) in [7, 11) is 0. The predicted octanol–water partition coefficient (Wildman–Crippen LogP) is 1.43. The Bertz CT molecular complexity index is 372. The van der Waals surface area contributed by atoms with Gasteiger partial charge in [0.2, 0.25) is 0 Å². The second-order valence-electron chi connectivity index (χ2n) is 4.70. The summed E-state index contributed by atoms with van der Waals surface area (Å²) in [6.45, 7) is 6.58. The quantitative estimate of drug-likeness (QED) is 0.828. The molecule has 1 saturated heterocycles. The molecule has 0 aliphatic carbocycles. The fraction of sp³-hybridized carbons (Fsp3) is 0.692. The molecule has 1 aromatic rings. The first-order valence-corrected chi connectivity index (χ1v) is 6.77. The maximum atomic E-state index is 9.61. The van der Waals surface area contributed by atoms with E-state index in [0.29, 0.717) is 6.54 Å². The molecule has 0 spiro atoms. The number of rotatable bonds is 5. The number of aliphatic hydroxyl groups is 1. The van der Waals surface area contributed by atoms with Crippen molar-refractivity contribution in [2.24, 2.45) is 0 Å². The number of aromatic nitrogens is 2. The second kappa shape index (κ2) is 6.00. The molecule has 1 aromatic heterocycles. The smallest absolute Gasteiger partial charge is 0.134 e. The maximum Gasteiger partial charge on any atom is 0.134 e. The van der Waals surface area contributed by atoms with Gasteiger partial charge in [-0.25, -0.2) is 9.97 Å². The number of nitrogens with zero attached hydrogens (tertiary/aromatic N) is 3. The number of hydrogen-bond acceptors (Lipinski definition) is 5. The highest BCUT2D eigenvalue weighted by Gasteiger charge is 2.22.